The van der Waals surface area contributed by atoms with E-state index in [0.717, 1.165) is 41.6 Å². The van der Waals surface area contributed by atoms with Gasteiger partial charge in [-0.2, -0.15) is 0 Å². The Morgan fingerprint density at radius 2 is 1.61 bits per heavy atom. The first-order valence-electron chi connectivity index (χ1n) is 10.7. The van der Waals surface area contributed by atoms with Crippen molar-refractivity contribution in [2.75, 3.05) is 38.1 Å². The third-order valence-electron chi connectivity index (χ3n) is 5.74. The summed E-state index contributed by atoms with van der Waals surface area (Å²) in [5.74, 6) is -0.925. The van der Waals surface area contributed by atoms with E-state index in [0.29, 0.717) is 19.6 Å². The number of carboxylic acid groups (broad SMARTS) is 2. The van der Waals surface area contributed by atoms with Gasteiger partial charge in [-0.1, -0.05) is 36.4 Å². The molecule has 8 nitrogen and oxygen atoms in total. The standard InChI is InChI=1S/C24H26N4O4S/c1-26(14-17-4-8-20(9-5-17)22(29)30)23-25-21(16-33-23)19-6-2-18(3-7-19)15-27-10-12-28(13-11-27)24(31)32/h2-9,16H,10-15H2,1H3,(H,29,30)(H,31,32). The number of amides is 1. The summed E-state index contributed by atoms with van der Waals surface area (Å²) in [5.41, 5.74) is 4.47. The molecule has 172 valence electrons. The fourth-order valence-corrected chi connectivity index (χ4v) is 4.60. The fraction of sp³-hybridized carbons (Fsp3) is 0.292. The number of rotatable bonds is 7. The number of piperazine rings is 1. The van der Waals surface area contributed by atoms with Crippen LogP contribution in [0.5, 0.6) is 0 Å². The highest BCUT2D eigenvalue weighted by atomic mass is 32.1. The third kappa shape index (κ3) is 5.68. The second-order valence-electron chi connectivity index (χ2n) is 8.12. The van der Waals surface area contributed by atoms with E-state index >= 15 is 0 Å². The van der Waals surface area contributed by atoms with Crippen LogP contribution in [0.3, 0.4) is 0 Å². The van der Waals surface area contributed by atoms with Crippen LogP contribution in [0.4, 0.5) is 9.93 Å². The van der Waals surface area contributed by atoms with Crippen LogP contribution in [0.15, 0.2) is 53.9 Å². The summed E-state index contributed by atoms with van der Waals surface area (Å²) in [4.78, 5) is 32.6. The zero-order valence-corrected chi connectivity index (χ0v) is 19.2. The highest BCUT2D eigenvalue weighted by molar-refractivity contribution is 7.14. The van der Waals surface area contributed by atoms with Gasteiger partial charge < -0.3 is 20.0 Å². The number of carbonyl (C=O) groups is 2. The number of benzene rings is 2. The van der Waals surface area contributed by atoms with Gasteiger partial charge in [-0.15, -0.1) is 11.3 Å². The second kappa shape index (κ2) is 10.0. The van der Waals surface area contributed by atoms with Gasteiger partial charge in [-0.3, -0.25) is 4.90 Å². The quantitative estimate of drug-likeness (QED) is 0.544. The van der Waals surface area contributed by atoms with Gasteiger partial charge >= 0.3 is 12.1 Å². The molecule has 1 amide bonds. The molecule has 0 saturated carbocycles. The third-order valence-corrected chi connectivity index (χ3v) is 6.69. The van der Waals surface area contributed by atoms with Gasteiger partial charge in [0, 0.05) is 57.3 Å². The van der Waals surface area contributed by atoms with Gasteiger partial charge in [-0.25, -0.2) is 14.6 Å². The molecule has 33 heavy (non-hydrogen) atoms. The first-order valence-corrected chi connectivity index (χ1v) is 11.6. The molecule has 0 aliphatic carbocycles. The summed E-state index contributed by atoms with van der Waals surface area (Å²) in [7, 11) is 1.97. The van der Waals surface area contributed by atoms with Crippen LogP contribution >= 0.6 is 11.3 Å². The summed E-state index contributed by atoms with van der Waals surface area (Å²) in [6, 6.07) is 15.2. The maximum atomic E-state index is 11.0. The van der Waals surface area contributed by atoms with Crippen molar-refractivity contribution >= 4 is 28.5 Å². The number of thiazole rings is 1. The number of anilines is 1. The van der Waals surface area contributed by atoms with Gasteiger partial charge in [0.15, 0.2) is 5.13 Å². The van der Waals surface area contributed by atoms with Crippen molar-refractivity contribution in [1.29, 1.82) is 0 Å². The van der Waals surface area contributed by atoms with Gasteiger partial charge in [0.1, 0.15) is 0 Å². The predicted molar refractivity (Wildman–Crippen MR) is 128 cm³/mol. The van der Waals surface area contributed by atoms with Crippen molar-refractivity contribution in [3.8, 4) is 11.3 Å². The van der Waals surface area contributed by atoms with Crippen LogP contribution in [-0.4, -0.2) is 70.3 Å². The highest BCUT2D eigenvalue weighted by Crippen LogP contribution is 2.28. The number of nitrogens with zero attached hydrogens (tertiary/aromatic N) is 4. The molecule has 2 N–H and O–H groups in total. The molecule has 0 radical (unpaired) electrons. The molecule has 0 unspecified atom stereocenters. The van der Waals surface area contributed by atoms with E-state index in [2.05, 4.69) is 34.1 Å². The molecule has 1 aromatic heterocycles. The van der Waals surface area contributed by atoms with Gasteiger partial charge in [0.05, 0.1) is 11.3 Å². The smallest absolute Gasteiger partial charge is 0.407 e. The number of aromatic carboxylic acids is 1. The minimum Gasteiger partial charge on any atom is -0.478 e. The van der Waals surface area contributed by atoms with Gasteiger partial charge in [0.2, 0.25) is 0 Å². The molecule has 2 heterocycles. The van der Waals surface area contributed by atoms with Crippen molar-refractivity contribution in [3.05, 3.63) is 70.6 Å². The highest BCUT2D eigenvalue weighted by Gasteiger charge is 2.20. The monoisotopic (exact) mass is 466 g/mol. The molecule has 9 heteroatoms. The summed E-state index contributed by atoms with van der Waals surface area (Å²) in [5, 5.41) is 21.0. The summed E-state index contributed by atoms with van der Waals surface area (Å²) < 4.78 is 0. The molecular formula is C24H26N4O4S. The molecule has 4 rings (SSSR count). The number of carboxylic acids is 1. The molecule has 1 aliphatic rings. The fourth-order valence-electron chi connectivity index (χ4n) is 3.80. The lowest BCUT2D eigenvalue weighted by Crippen LogP contribution is -2.47. The Morgan fingerprint density at radius 1 is 0.970 bits per heavy atom. The van der Waals surface area contributed by atoms with Crippen molar-refractivity contribution in [3.63, 3.8) is 0 Å². The normalized spacial score (nSPS) is 14.3. The van der Waals surface area contributed by atoms with Crippen LogP contribution in [0, 0.1) is 0 Å². The van der Waals surface area contributed by atoms with Gasteiger partial charge in [0.25, 0.3) is 0 Å². The van der Waals surface area contributed by atoms with E-state index in [1.54, 1.807) is 23.5 Å². The van der Waals surface area contributed by atoms with Crippen molar-refractivity contribution < 1.29 is 19.8 Å². The molecule has 3 aromatic rings. The van der Waals surface area contributed by atoms with E-state index < -0.39 is 12.1 Å². The Hall–Kier alpha value is -3.43. The summed E-state index contributed by atoms with van der Waals surface area (Å²) in [6.07, 6.45) is -0.844. The largest absolute Gasteiger partial charge is 0.478 e. The maximum absolute atomic E-state index is 11.0. The van der Waals surface area contributed by atoms with E-state index in [1.807, 2.05) is 24.6 Å². The Labute approximate surface area is 196 Å². The minimum atomic E-state index is -0.925. The van der Waals surface area contributed by atoms with Crippen LogP contribution in [-0.2, 0) is 13.1 Å². The number of aromatic nitrogens is 1. The van der Waals surface area contributed by atoms with Crippen LogP contribution < -0.4 is 4.90 Å². The lowest BCUT2D eigenvalue weighted by Gasteiger charge is -2.33. The van der Waals surface area contributed by atoms with Crippen LogP contribution in [0.1, 0.15) is 21.5 Å². The average molecular weight is 467 g/mol. The Morgan fingerprint density at radius 3 is 2.21 bits per heavy atom. The zero-order valence-electron chi connectivity index (χ0n) is 18.3. The van der Waals surface area contributed by atoms with Crippen LogP contribution in [0.2, 0.25) is 0 Å². The topological polar surface area (TPSA) is 97.2 Å². The lowest BCUT2D eigenvalue weighted by atomic mass is 10.1. The molecule has 0 atom stereocenters. The Bertz CT molecular complexity index is 1110. The first kappa shape index (κ1) is 22.8. The Kier molecular flexibility index (Phi) is 6.90. The number of hydrogen-bond donors (Lipinski definition) is 2. The predicted octanol–water partition coefficient (Wildman–Crippen LogP) is 3.94. The molecular weight excluding hydrogens is 440 g/mol. The zero-order chi connectivity index (χ0) is 23.4. The van der Waals surface area contributed by atoms with Crippen molar-refractivity contribution in [2.45, 2.75) is 13.1 Å². The van der Waals surface area contributed by atoms with E-state index in [-0.39, 0.29) is 5.56 Å². The van der Waals surface area contributed by atoms with E-state index in [9.17, 15) is 9.59 Å². The second-order valence-corrected chi connectivity index (χ2v) is 8.95. The summed E-state index contributed by atoms with van der Waals surface area (Å²) in [6.45, 7) is 4.03. The molecule has 1 aliphatic heterocycles. The van der Waals surface area contributed by atoms with Gasteiger partial charge in [-0.05, 0) is 23.3 Å². The SMILES string of the molecule is CN(Cc1ccc(C(=O)O)cc1)c1nc(-c2ccc(CN3CCN(C(=O)O)CC3)cc2)cs1. The molecule has 0 bridgehead atoms. The average Bonchev–Trinajstić information content (AvgIpc) is 3.31. The number of hydrogen-bond acceptors (Lipinski definition) is 6. The molecule has 2 aromatic carbocycles. The molecule has 1 saturated heterocycles. The van der Waals surface area contributed by atoms with Crippen molar-refractivity contribution in [2.24, 2.45) is 0 Å². The minimum absolute atomic E-state index is 0.281. The first-order chi connectivity index (χ1) is 15.9. The lowest BCUT2D eigenvalue weighted by molar-refractivity contribution is 0.0696. The van der Waals surface area contributed by atoms with Crippen molar-refractivity contribution in [1.82, 2.24) is 14.8 Å². The van der Waals surface area contributed by atoms with E-state index in [1.165, 1.54) is 10.5 Å². The maximum Gasteiger partial charge on any atom is 0.407 e. The van der Waals surface area contributed by atoms with E-state index in [4.69, 9.17) is 15.2 Å². The van der Waals surface area contributed by atoms with Crippen LogP contribution in [0.25, 0.3) is 11.3 Å². The molecule has 1 fully saturated rings. The Balaban J connectivity index is 1.34. The summed E-state index contributed by atoms with van der Waals surface area (Å²) >= 11 is 1.57. The molecule has 0 spiro atoms.